The predicted molar refractivity (Wildman–Crippen MR) is 210 cm³/mol. The molecule has 0 aromatic heterocycles. The quantitative estimate of drug-likeness (QED) is 0.135. The van der Waals surface area contributed by atoms with Gasteiger partial charge in [0.2, 0.25) is 0 Å². The Morgan fingerprint density at radius 2 is 1.30 bits per heavy atom. The maximum Gasteiger partial charge on any atom is 2.00 e. The number of allylic oxidation sites excluding steroid dienone is 4. The molecule has 19 heteroatoms. The van der Waals surface area contributed by atoms with Crippen LogP contribution < -0.4 is 35.7 Å². The number of aliphatic carboxylic acids is 7. The number of hydrogen-bond acceptors (Lipinski definition) is 17. The molecule has 8 bridgehead atoms. The molecule has 0 aliphatic carbocycles. The number of carboxylic acid groups (broad SMARTS) is 7. The van der Waals surface area contributed by atoms with Crippen molar-refractivity contribution in [3.8, 4) is 0 Å². The van der Waals surface area contributed by atoms with Crippen LogP contribution in [0.25, 0.3) is 5.32 Å². The zero-order chi connectivity index (χ0) is 47.4. The Hall–Kier alpha value is -5.17. The number of carboxylic acids is 7. The number of carbonyl (C=O) groups excluding carboxylic acids is 7. The number of fused-ring (bicyclic) bond motifs is 6. The number of rotatable bonds is 18. The minimum absolute atomic E-state index is 0. The average Bonchev–Trinajstić information content (AvgIpc) is 3.75. The van der Waals surface area contributed by atoms with Crippen molar-refractivity contribution < 1.29 is 86.1 Å². The topological polar surface area (TPSA) is 332 Å². The fourth-order valence-electron chi connectivity index (χ4n) is 11.6. The Morgan fingerprint density at radius 3 is 1.83 bits per heavy atom. The van der Waals surface area contributed by atoms with E-state index in [-0.39, 0.29) is 77.3 Å². The summed E-state index contributed by atoms with van der Waals surface area (Å²) in [5.41, 5.74) is -4.99. The van der Waals surface area contributed by atoms with Crippen molar-refractivity contribution in [2.75, 3.05) is 0 Å². The molecule has 351 valence electrons. The van der Waals surface area contributed by atoms with E-state index in [0.717, 1.165) is 0 Å². The maximum atomic E-state index is 12.9. The van der Waals surface area contributed by atoms with Gasteiger partial charge in [0.25, 0.3) is 0 Å². The second-order valence-electron chi connectivity index (χ2n) is 18.9. The average molecular weight is 932 g/mol. The predicted octanol–water partition coefficient (Wildman–Crippen LogP) is -2.70. The molecule has 0 spiro atoms. The summed E-state index contributed by atoms with van der Waals surface area (Å²) in [7, 11) is 0. The Balaban J connectivity index is 0.00000898. The molecular formula is C45H52CoN4O14-6. The van der Waals surface area contributed by atoms with E-state index in [2.05, 4.69) is 0 Å². The van der Waals surface area contributed by atoms with Crippen molar-refractivity contribution in [1.29, 1.82) is 0 Å². The molecule has 1 unspecified atom stereocenters. The van der Waals surface area contributed by atoms with Gasteiger partial charge in [0.1, 0.15) is 0 Å². The molecule has 0 amide bonds. The first-order valence-electron chi connectivity index (χ1n) is 21.1. The number of carbonyl (C=O) groups is 7. The third-order valence-corrected chi connectivity index (χ3v) is 15.1. The molecule has 9 atom stereocenters. The molecular weight excluding hydrogens is 879 g/mol. The van der Waals surface area contributed by atoms with Crippen LogP contribution in [-0.2, 0) is 50.3 Å². The normalized spacial score (nSPS) is 33.0. The van der Waals surface area contributed by atoms with Gasteiger partial charge in [0, 0.05) is 94.5 Å². The Bertz CT molecular complexity index is 2240. The zero-order valence-corrected chi connectivity index (χ0v) is 38.2. The first-order chi connectivity index (χ1) is 29.1. The standard InChI is InChI=1S/C45H60N4O14.Co/c1-21-36-24(9-12-29(50)51)23(3)44(7,48-36)18-28-25(10-13-30(52)53)42(5,19-34(60)61)39(46-28)22(2)37-26(11-14-31(54)55)43(6,20-35(62)63)45(8,49-37)40-27(17-33(58)59)41(4,38(21)47-40)16-15-32(56)57;/h21,26-27,40H,9-20H2,1-8H3,(H8,46,49,50,51,52,53,54,55,56,57,58,59,60,61,62,63);/q;+2/p-8/t21?,26-,27+,40-,41-,42+,43+,44+,45+;/m1./s1. The summed E-state index contributed by atoms with van der Waals surface area (Å²) >= 11 is 0. The van der Waals surface area contributed by atoms with Gasteiger partial charge in [-0.3, -0.25) is 15.0 Å². The van der Waals surface area contributed by atoms with Gasteiger partial charge in [-0.1, -0.05) is 33.2 Å². The van der Waals surface area contributed by atoms with Crippen molar-refractivity contribution in [1.82, 2.24) is 0 Å². The summed E-state index contributed by atoms with van der Waals surface area (Å²) < 4.78 is 0. The number of hydrogen-bond donors (Lipinski definition) is 0. The summed E-state index contributed by atoms with van der Waals surface area (Å²) in [4.78, 5) is 102. The first-order valence-corrected chi connectivity index (χ1v) is 21.1. The summed E-state index contributed by atoms with van der Waals surface area (Å²) in [5, 5.41) is 91.9. The SMILES string of the molecule is CC1=C2[N-][C@@](C)([C@@H]3N=C(C(C)C4=N[C@@](C)(CC5=C(CCC(=O)[O-])[C@](C)(CC(=O)[O-])C1=N5)C(C)=C4CCC(=O)[O-])[C@](C)(CCC(=O)[O-])[C@H]3CC(=O)[O-])[C@@](C)(CC(=O)[O-])[C@@H]2CCC(=O)[O-].[Co+2]. The van der Waals surface area contributed by atoms with E-state index in [1.54, 1.807) is 55.4 Å². The Morgan fingerprint density at radius 1 is 0.734 bits per heavy atom. The van der Waals surface area contributed by atoms with Crippen LogP contribution in [0.5, 0.6) is 0 Å². The monoisotopic (exact) mass is 931 g/mol. The molecule has 64 heavy (non-hydrogen) atoms. The molecule has 0 aromatic carbocycles. The van der Waals surface area contributed by atoms with Crippen LogP contribution in [0.1, 0.15) is 132 Å². The van der Waals surface area contributed by atoms with Crippen molar-refractivity contribution in [2.24, 2.45) is 49.0 Å². The molecule has 5 aliphatic rings. The van der Waals surface area contributed by atoms with Gasteiger partial charge in [0.05, 0.1) is 11.3 Å². The molecule has 0 N–H and O–H groups in total. The fraction of sp³-hybridized carbons (Fsp3) is 0.644. The minimum Gasteiger partial charge on any atom is -0.680 e. The van der Waals surface area contributed by atoms with Crippen LogP contribution in [0.2, 0.25) is 0 Å². The zero-order valence-electron chi connectivity index (χ0n) is 37.1. The Labute approximate surface area is 381 Å². The van der Waals surface area contributed by atoms with Gasteiger partial charge in [-0.25, -0.2) is 0 Å². The van der Waals surface area contributed by atoms with E-state index in [4.69, 9.17) is 20.3 Å². The van der Waals surface area contributed by atoms with Gasteiger partial charge in [-0.05, 0) is 131 Å². The smallest absolute Gasteiger partial charge is 0.680 e. The fourth-order valence-corrected chi connectivity index (χ4v) is 11.6. The molecule has 5 heterocycles. The van der Waals surface area contributed by atoms with Crippen LogP contribution in [0.3, 0.4) is 0 Å². The maximum absolute atomic E-state index is 12.9. The number of aliphatic imine (C=N–C) groups is 3. The Kier molecular flexibility index (Phi) is 14.8. The summed E-state index contributed by atoms with van der Waals surface area (Å²) in [6.45, 7) is 13.1. The van der Waals surface area contributed by atoms with Crippen LogP contribution in [0.15, 0.2) is 48.7 Å². The molecule has 5 rings (SSSR count). The molecule has 1 saturated heterocycles. The summed E-state index contributed by atoms with van der Waals surface area (Å²) in [5.74, 6) is -13.5. The van der Waals surface area contributed by atoms with Gasteiger partial charge in [0.15, 0.2) is 0 Å². The van der Waals surface area contributed by atoms with E-state index in [0.29, 0.717) is 22.4 Å². The molecule has 1 radical (unpaired) electrons. The van der Waals surface area contributed by atoms with Crippen molar-refractivity contribution in [3.05, 3.63) is 39.0 Å². The molecule has 18 nitrogen and oxygen atoms in total. The molecule has 1 fully saturated rings. The van der Waals surface area contributed by atoms with Crippen LogP contribution in [0.4, 0.5) is 0 Å². The van der Waals surface area contributed by atoms with Crippen LogP contribution in [0, 0.1) is 34.0 Å². The second kappa shape index (κ2) is 18.4. The van der Waals surface area contributed by atoms with Crippen LogP contribution >= 0.6 is 0 Å². The second-order valence-corrected chi connectivity index (χ2v) is 18.9. The van der Waals surface area contributed by atoms with E-state index in [1.807, 2.05) is 0 Å². The van der Waals surface area contributed by atoms with Crippen molar-refractivity contribution in [3.63, 3.8) is 0 Å². The van der Waals surface area contributed by atoms with E-state index >= 15 is 0 Å². The summed E-state index contributed by atoms with van der Waals surface area (Å²) in [6, 6.07) is -1.28. The van der Waals surface area contributed by atoms with Gasteiger partial charge >= 0.3 is 16.8 Å². The molecule has 0 saturated carbocycles. The van der Waals surface area contributed by atoms with Gasteiger partial charge < -0.3 is 74.6 Å². The van der Waals surface area contributed by atoms with E-state index < -0.39 is 138 Å². The van der Waals surface area contributed by atoms with Gasteiger partial charge in [-0.2, -0.15) is 5.70 Å². The molecule has 5 aliphatic heterocycles. The summed E-state index contributed by atoms with van der Waals surface area (Å²) in [6.07, 6.45) is -5.22. The largest absolute Gasteiger partial charge is 2.00 e. The first kappa shape index (κ1) is 51.5. The third-order valence-electron chi connectivity index (χ3n) is 15.1. The van der Waals surface area contributed by atoms with Crippen molar-refractivity contribution in [2.45, 2.75) is 150 Å². The number of nitrogens with zero attached hydrogens (tertiary/aromatic N) is 4. The third kappa shape index (κ3) is 9.06. The minimum atomic E-state index is -1.77. The van der Waals surface area contributed by atoms with Crippen molar-refractivity contribution >= 4 is 58.9 Å². The van der Waals surface area contributed by atoms with Crippen LogP contribution in [-0.4, -0.2) is 76.0 Å². The van der Waals surface area contributed by atoms with E-state index in [9.17, 15) is 69.3 Å². The van der Waals surface area contributed by atoms with Gasteiger partial charge in [-0.15, -0.1) is 0 Å². The van der Waals surface area contributed by atoms with E-state index in [1.165, 1.54) is 0 Å². The molecule has 0 aromatic rings.